The number of aliphatic hydroxyl groups is 3. The molecule has 0 saturated carbocycles. The molecule has 1 aliphatic heterocycles. The van der Waals surface area contributed by atoms with Gasteiger partial charge in [-0.25, -0.2) is 4.79 Å². The molecule has 116 valence electrons. The molecule has 0 aliphatic carbocycles. The summed E-state index contributed by atoms with van der Waals surface area (Å²) < 4.78 is 6.01. The molecule has 2 rings (SSSR count). The number of H-pyrrole nitrogens is 1. The van der Waals surface area contributed by atoms with Crippen LogP contribution in [-0.4, -0.2) is 55.7 Å². The second-order valence-corrected chi connectivity index (χ2v) is 4.62. The molecule has 21 heavy (non-hydrogen) atoms. The average Bonchev–Trinajstić information content (AvgIpc) is 2.69. The maximum atomic E-state index is 11.8. The molecular formula is C11H15N3O7. The highest BCUT2D eigenvalue weighted by atomic mass is 16.6. The number of hydrogen-bond acceptors (Lipinski definition) is 7. The third-order valence-corrected chi connectivity index (χ3v) is 3.07. The molecule has 0 bridgehead atoms. The summed E-state index contributed by atoms with van der Waals surface area (Å²) >= 11 is 0. The molecule has 1 aromatic heterocycles. The molecule has 1 fully saturated rings. The first-order valence-electron chi connectivity index (χ1n) is 6.10. The van der Waals surface area contributed by atoms with Crippen molar-refractivity contribution in [3.63, 3.8) is 0 Å². The lowest BCUT2D eigenvalue weighted by molar-refractivity contribution is -0.114. The van der Waals surface area contributed by atoms with Crippen molar-refractivity contribution in [1.29, 1.82) is 0 Å². The Morgan fingerprint density at radius 3 is 2.62 bits per heavy atom. The van der Waals surface area contributed by atoms with Crippen LogP contribution in [0.25, 0.3) is 0 Å². The molecule has 2 heterocycles. The fourth-order valence-corrected chi connectivity index (χ4v) is 2.06. The smallest absolute Gasteiger partial charge is 0.330 e. The van der Waals surface area contributed by atoms with Crippen molar-refractivity contribution in [3.05, 3.63) is 27.0 Å². The largest absolute Gasteiger partial charge is 0.394 e. The molecule has 1 aromatic rings. The van der Waals surface area contributed by atoms with Gasteiger partial charge in [-0.3, -0.25) is 19.1 Å². The van der Waals surface area contributed by atoms with E-state index in [1.54, 1.807) is 0 Å². The number of nitrogens with one attached hydrogen (secondary N) is 2. The Kier molecular flexibility index (Phi) is 4.23. The van der Waals surface area contributed by atoms with Gasteiger partial charge in [-0.05, 0) is 0 Å². The topological polar surface area (TPSA) is 154 Å². The van der Waals surface area contributed by atoms with Gasteiger partial charge in [0.2, 0.25) is 5.91 Å². The molecule has 5 N–H and O–H groups in total. The highest BCUT2D eigenvalue weighted by molar-refractivity contribution is 5.88. The van der Waals surface area contributed by atoms with Gasteiger partial charge in [-0.15, -0.1) is 0 Å². The number of rotatable bonds is 3. The number of aromatic nitrogens is 2. The van der Waals surface area contributed by atoms with E-state index < -0.39 is 48.3 Å². The lowest BCUT2D eigenvalue weighted by atomic mass is 10.1. The van der Waals surface area contributed by atoms with Crippen LogP contribution >= 0.6 is 0 Å². The summed E-state index contributed by atoms with van der Waals surface area (Å²) in [6, 6.07) is 0. The Morgan fingerprint density at radius 1 is 1.43 bits per heavy atom. The van der Waals surface area contributed by atoms with E-state index in [1.807, 2.05) is 4.98 Å². The molecule has 0 aromatic carbocycles. The Bertz CT molecular complexity index is 652. The van der Waals surface area contributed by atoms with Gasteiger partial charge in [0.1, 0.15) is 24.0 Å². The maximum Gasteiger partial charge on any atom is 0.330 e. The van der Waals surface area contributed by atoms with Crippen LogP contribution < -0.4 is 16.6 Å². The third-order valence-electron chi connectivity index (χ3n) is 3.07. The summed E-state index contributed by atoms with van der Waals surface area (Å²) in [6.07, 6.45) is -4.22. The Labute approximate surface area is 117 Å². The van der Waals surface area contributed by atoms with Gasteiger partial charge in [-0.2, -0.15) is 0 Å². The molecule has 4 atom stereocenters. The Hall–Kier alpha value is -2.01. The molecule has 0 unspecified atom stereocenters. The summed E-state index contributed by atoms with van der Waals surface area (Å²) in [7, 11) is 0. The minimum atomic E-state index is -1.48. The van der Waals surface area contributed by atoms with E-state index in [9.17, 15) is 24.6 Å². The monoisotopic (exact) mass is 301 g/mol. The number of hydrogen-bond donors (Lipinski definition) is 5. The second-order valence-electron chi connectivity index (χ2n) is 4.62. The predicted molar refractivity (Wildman–Crippen MR) is 68.6 cm³/mol. The first kappa shape index (κ1) is 15.4. The summed E-state index contributed by atoms with van der Waals surface area (Å²) in [5, 5.41) is 30.7. The number of aliphatic hydroxyl groups excluding tert-OH is 3. The number of aromatic amines is 1. The standard InChI is InChI=1S/C11H15N3O7/c1-4(16)12-5-2-14(11(20)13-9(5)19)10-8(18)7(17)6(3-15)21-10/h2,6-8,10,15,17-18H,3H2,1H3,(H,12,16)(H,13,19,20)/t6-,7-,8-,10-/m1/s1. The first-order valence-corrected chi connectivity index (χ1v) is 6.10. The van der Waals surface area contributed by atoms with Crippen molar-refractivity contribution in [1.82, 2.24) is 9.55 Å². The van der Waals surface area contributed by atoms with Gasteiger partial charge in [0.25, 0.3) is 5.56 Å². The highest BCUT2D eigenvalue weighted by Crippen LogP contribution is 2.28. The van der Waals surface area contributed by atoms with Crippen molar-refractivity contribution in [2.24, 2.45) is 0 Å². The van der Waals surface area contributed by atoms with Crippen LogP contribution in [0.5, 0.6) is 0 Å². The van der Waals surface area contributed by atoms with Gasteiger partial charge >= 0.3 is 5.69 Å². The minimum absolute atomic E-state index is 0.208. The van der Waals surface area contributed by atoms with Crippen molar-refractivity contribution < 1.29 is 24.9 Å². The Balaban J connectivity index is 2.42. The van der Waals surface area contributed by atoms with Crippen LogP contribution in [-0.2, 0) is 9.53 Å². The summed E-state index contributed by atoms with van der Waals surface area (Å²) in [5.74, 6) is -0.521. The summed E-state index contributed by atoms with van der Waals surface area (Å²) in [6.45, 7) is 0.632. The Morgan fingerprint density at radius 2 is 2.10 bits per heavy atom. The summed E-state index contributed by atoms with van der Waals surface area (Å²) in [4.78, 5) is 36.3. The van der Waals surface area contributed by atoms with Crippen LogP contribution in [0.4, 0.5) is 5.69 Å². The van der Waals surface area contributed by atoms with Gasteiger partial charge in [0.15, 0.2) is 6.23 Å². The summed E-state index contributed by atoms with van der Waals surface area (Å²) in [5.41, 5.74) is -1.90. The number of carbonyl (C=O) groups is 1. The van der Waals surface area contributed by atoms with E-state index >= 15 is 0 Å². The van der Waals surface area contributed by atoms with E-state index in [0.717, 1.165) is 10.8 Å². The van der Waals surface area contributed by atoms with Crippen molar-refractivity contribution in [3.8, 4) is 0 Å². The lowest BCUT2D eigenvalue weighted by Gasteiger charge is -2.17. The first-order chi connectivity index (χ1) is 9.85. The molecule has 1 amide bonds. The molecule has 10 heteroatoms. The van der Waals surface area contributed by atoms with Crippen LogP contribution in [0, 0.1) is 0 Å². The second kappa shape index (κ2) is 5.77. The zero-order valence-corrected chi connectivity index (χ0v) is 11.0. The molecular weight excluding hydrogens is 286 g/mol. The average molecular weight is 301 g/mol. The van der Waals surface area contributed by atoms with E-state index in [4.69, 9.17) is 9.84 Å². The minimum Gasteiger partial charge on any atom is -0.394 e. The van der Waals surface area contributed by atoms with E-state index in [1.165, 1.54) is 6.92 Å². The zero-order valence-electron chi connectivity index (χ0n) is 11.0. The lowest BCUT2D eigenvalue weighted by Crippen LogP contribution is -2.38. The third kappa shape index (κ3) is 2.88. The fraction of sp³-hybridized carbons (Fsp3) is 0.545. The van der Waals surface area contributed by atoms with Crippen LogP contribution in [0.15, 0.2) is 15.8 Å². The number of nitrogens with zero attached hydrogens (tertiary/aromatic N) is 1. The normalized spacial score (nSPS) is 28.6. The molecule has 1 saturated heterocycles. The van der Waals surface area contributed by atoms with Crippen LogP contribution in [0.3, 0.4) is 0 Å². The van der Waals surface area contributed by atoms with Crippen molar-refractivity contribution in [2.45, 2.75) is 31.5 Å². The van der Waals surface area contributed by atoms with Gasteiger partial charge in [-0.1, -0.05) is 0 Å². The number of anilines is 1. The number of amides is 1. The molecule has 0 radical (unpaired) electrons. The molecule has 10 nitrogen and oxygen atoms in total. The fourth-order valence-electron chi connectivity index (χ4n) is 2.06. The predicted octanol–water partition coefficient (Wildman–Crippen LogP) is -2.89. The van der Waals surface area contributed by atoms with Crippen LogP contribution in [0.1, 0.15) is 13.2 Å². The zero-order chi connectivity index (χ0) is 15.7. The van der Waals surface area contributed by atoms with E-state index in [-0.39, 0.29) is 5.69 Å². The molecule has 1 aliphatic rings. The van der Waals surface area contributed by atoms with Gasteiger partial charge in [0, 0.05) is 13.1 Å². The SMILES string of the molecule is CC(=O)Nc1cn([C@@H]2O[C@H](CO)[C@@H](O)[C@H]2O)c(=O)[nH]c1=O. The quantitative estimate of drug-likeness (QED) is 0.401. The van der Waals surface area contributed by atoms with Gasteiger partial charge < -0.3 is 25.4 Å². The van der Waals surface area contributed by atoms with E-state index in [2.05, 4.69) is 5.32 Å². The van der Waals surface area contributed by atoms with Crippen molar-refractivity contribution in [2.75, 3.05) is 11.9 Å². The van der Waals surface area contributed by atoms with Crippen molar-refractivity contribution >= 4 is 11.6 Å². The maximum absolute atomic E-state index is 11.8. The number of ether oxygens (including phenoxy) is 1. The van der Waals surface area contributed by atoms with Gasteiger partial charge in [0.05, 0.1) is 6.61 Å². The highest BCUT2D eigenvalue weighted by Gasteiger charge is 2.43. The molecule has 0 spiro atoms. The van der Waals surface area contributed by atoms with E-state index in [0.29, 0.717) is 0 Å². The van der Waals surface area contributed by atoms with Crippen LogP contribution in [0.2, 0.25) is 0 Å². The number of carbonyl (C=O) groups excluding carboxylic acids is 1.